The number of ether oxygens (including phenoxy) is 5. The molecule has 57 heavy (non-hydrogen) atoms. The van der Waals surface area contributed by atoms with Crippen LogP contribution in [-0.2, 0) is 28.9 Å². The van der Waals surface area contributed by atoms with E-state index in [1.807, 2.05) is 78.9 Å². The Balaban J connectivity index is 1.36. The van der Waals surface area contributed by atoms with Gasteiger partial charge in [0.2, 0.25) is 5.95 Å². The number of nitrogen functional groups attached to an aromatic ring is 1. The molecule has 2 aromatic heterocycles. The van der Waals surface area contributed by atoms with Gasteiger partial charge in [0.25, 0.3) is 14.1 Å². The van der Waals surface area contributed by atoms with E-state index in [1.165, 1.54) is 6.33 Å². The topological polar surface area (TPSA) is 181 Å². The lowest BCUT2D eigenvalue weighted by molar-refractivity contribution is -0.202. The largest absolute Gasteiger partial charge is 0.497 e. The molecule has 0 spiro atoms. The molecule has 2 bridgehead atoms. The Hall–Kier alpha value is -4.91. The van der Waals surface area contributed by atoms with Gasteiger partial charge < -0.3 is 38.5 Å². The third-order valence-electron chi connectivity index (χ3n) is 10.3. The molecule has 4 heterocycles. The zero-order chi connectivity index (χ0) is 40.3. The highest BCUT2D eigenvalue weighted by molar-refractivity contribution is 7.44. The molecular formula is C41H48N7O8P. The molecule has 5 atom stereocenters. The number of methoxy groups -OCH3 is 2. The fraction of sp³-hybridized carbons (Fsp3) is 0.415. The number of H-pyrrole nitrogens is 1. The molecule has 2 fully saturated rings. The van der Waals surface area contributed by atoms with Crippen LogP contribution in [0.2, 0.25) is 0 Å². The lowest BCUT2D eigenvalue weighted by atomic mass is 9.79. The quantitative estimate of drug-likeness (QED) is 0.0631. The maximum atomic E-state index is 12.9. The van der Waals surface area contributed by atoms with Gasteiger partial charge in [0.1, 0.15) is 34.9 Å². The number of anilines is 1. The second-order valence-electron chi connectivity index (χ2n) is 14.5. The van der Waals surface area contributed by atoms with E-state index >= 15 is 0 Å². The average molecular weight is 798 g/mol. The van der Waals surface area contributed by atoms with Gasteiger partial charge in [-0.2, -0.15) is 10.2 Å². The first-order valence-corrected chi connectivity index (χ1v) is 19.9. The Morgan fingerprint density at radius 2 is 1.61 bits per heavy atom. The van der Waals surface area contributed by atoms with Crippen LogP contribution in [0.15, 0.2) is 90.0 Å². The van der Waals surface area contributed by atoms with E-state index in [0.717, 1.165) is 16.7 Å². The van der Waals surface area contributed by atoms with Crippen LogP contribution in [0, 0.1) is 11.3 Å². The molecule has 3 aromatic carbocycles. The first-order chi connectivity index (χ1) is 27.5. The van der Waals surface area contributed by atoms with Crippen molar-refractivity contribution in [1.82, 2.24) is 24.2 Å². The predicted octanol–water partition coefficient (Wildman–Crippen LogP) is 6.06. The predicted molar refractivity (Wildman–Crippen MR) is 214 cm³/mol. The number of nitrogens with zero attached hydrogens (tertiary/aromatic N) is 5. The van der Waals surface area contributed by atoms with Crippen LogP contribution < -0.4 is 20.8 Å². The van der Waals surface area contributed by atoms with E-state index in [1.54, 1.807) is 18.8 Å². The summed E-state index contributed by atoms with van der Waals surface area (Å²) in [5.74, 6) is 1.33. The van der Waals surface area contributed by atoms with E-state index in [2.05, 4.69) is 53.4 Å². The monoisotopic (exact) mass is 797 g/mol. The number of fused-ring (bicyclic) bond motifs is 3. The summed E-state index contributed by atoms with van der Waals surface area (Å²) in [4.78, 5) is 24.2. The van der Waals surface area contributed by atoms with Crippen molar-refractivity contribution in [2.75, 3.05) is 39.8 Å². The zero-order valence-corrected chi connectivity index (χ0v) is 33.7. The number of nitrogens with one attached hydrogen (secondary N) is 1. The van der Waals surface area contributed by atoms with Crippen LogP contribution in [0.5, 0.6) is 11.5 Å². The maximum absolute atomic E-state index is 12.9. The third kappa shape index (κ3) is 7.62. The summed E-state index contributed by atoms with van der Waals surface area (Å²) >= 11 is 0. The minimum atomic E-state index is -1.75. The summed E-state index contributed by atoms with van der Waals surface area (Å²) in [7, 11) is 1.51. The molecule has 2 unspecified atom stereocenters. The van der Waals surface area contributed by atoms with Gasteiger partial charge in [-0.05, 0) is 68.7 Å². The van der Waals surface area contributed by atoms with Gasteiger partial charge in [-0.25, -0.2) is 9.65 Å². The summed E-state index contributed by atoms with van der Waals surface area (Å²) in [6.07, 6.45) is -0.631. The first-order valence-electron chi connectivity index (χ1n) is 18.8. The van der Waals surface area contributed by atoms with Crippen molar-refractivity contribution in [3.8, 4) is 17.6 Å². The molecule has 2 aliphatic rings. The van der Waals surface area contributed by atoms with E-state index in [-0.39, 0.29) is 55.4 Å². The highest BCUT2D eigenvalue weighted by atomic mass is 31.2. The first kappa shape index (κ1) is 40.3. The molecule has 0 aliphatic carbocycles. The number of imidazole rings is 1. The number of benzene rings is 3. The summed E-state index contributed by atoms with van der Waals surface area (Å²) in [6.45, 7) is 8.57. The van der Waals surface area contributed by atoms with Crippen LogP contribution in [0.1, 0.15) is 57.0 Å². The van der Waals surface area contributed by atoms with Gasteiger partial charge in [0, 0.05) is 12.1 Å². The molecule has 0 amide bonds. The van der Waals surface area contributed by atoms with Crippen LogP contribution >= 0.6 is 8.53 Å². The SMILES string of the molecule is COc1ccc(C(OC[C@@]23CO[C@@H](C(n4cnc5c(=O)[nH]c(N)nc54)O2)[C@@H]3OP(OCCC#N)N(C(C)C)C(C)C)(c2ccccc2)c2ccc(OC)cc2)cc1. The van der Waals surface area contributed by atoms with Crippen LogP contribution in [-0.4, -0.2) is 88.1 Å². The number of aromatic nitrogens is 4. The minimum Gasteiger partial charge on any atom is -0.497 e. The summed E-state index contributed by atoms with van der Waals surface area (Å²) in [5, 5.41) is 9.41. The molecule has 2 saturated heterocycles. The highest BCUT2D eigenvalue weighted by Gasteiger charge is 2.65. The third-order valence-corrected chi connectivity index (χ3v) is 12.4. The smallest absolute Gasteiger partial charge is 0.280 e. The molecule has 15 nitrogen and oxygen atoms in total. The van der Waals surface area contributed by atoms with Crippen molar-refractivity contribution in [1.29, 1.82) is 5.26 Å². The maximum Gasteiger partial charge on any atom is 0.280 e. The lowest BCUT2D eigenvalue weighted by Gasteiger charge is -2.41. The lowest BCUT2D eigenvalue weighted by Crippen LogP contribution is -2.49. The standard InChI is InChI=1S/C41H48N7O8P/c1-26(2)48(27(3)4)57(54-22-10-21-42)56-35-34-38(47-25-44-33-36(47)45-39(43)46-37(33)49)55-40(35,23-52-34)24-53-41(28-11-8-7-9-12-28,29-13-17-31(50-5)18-14-29)30-15-19-32(51-6)20-16-30/h7-9,11-20,25-27,34-35,38H,10,22-24H2,1-6H3,(H3,43,45,46,49)/t34-,35+,38?,40-,57?/m1/s1. The number of aromatic amines is 1. The van der Waals surface area contributed by atoms with Gasteiger partial charge in [-0.15, -0.1) is 0 Å². The molecule has 16 heteroatoms. The van der Waals surface area contributed by atoms with Crippen LogP contribution in [0.25, 0.3) is 11.2 Å². The fourth-order valence-corrected chi connectivity index (χ4v) is 9.51. The second kappa shape index (κ2) is 16.9. The molecule has 300 valence electrons. The Bertz CT molecular complexity index is 2170. The van der Waals surface area contributed by atoms with Gasteiger partial charge in [-0.3, -0.25) is 14.3 Å². The van der Waals surface area contributed by atoms with Crippen molar-refractivity contribution >= 4 is 25.6 Å². The molecule has 3 N–H and O–H groups in total. The minimum absolute atomic E-state index is 0.0227. The molecule has 7 rings (SSSR count). The van der Waals surface area contributed by atoms with E-state index in [0.29, 0.717) is 11.5 Å². The molecule has 5 aromatic rings. The normalized spacial score (nSPS) is 21.1. The van der Waals surface area contributed by atoms with Crippen molar-refractivity contribution < 1.29 is 32.7 Å². The van der Waals surface area contributed by atoms with E-state index < -0.39 is 43.7 Å². The average Bonchev–Trinajstić information content (AvgIpc) is 3.88. The molecular weight excluding hydrogens is 749 g/mol. The van der Waals surface area contributed by atoms with Gasteiger partial charge in [0.05, 0.1) is 52.9 Å². The van der Waals surface area contributed by atoms with Crippen molar-refractivity contribution in [2.45, 2.75) is 75.8 Å². The van der Waals surface area contributed by atoms with E-state index in [4.69, 9.17) is 38.5 Å². The summed E-state index contributed by atoms with van der Waals surface area (Å²) in [6, 6.07) is 27.8. The summed E-state index contributed by atoms with van der Waals surface area (Å²) in [5.41, 5.74) is 6.01. The Kier molecular flexibility index (Phi) is 11.9. The van der Waals surface area contributed by atoms with Crippen LogP contribution in [0.4, 0.5) is 5.95 Å². The Morgan fingerprint density at radius 3 is 2.19 bits per heavy atom. The van der Waals surface area contributed by atoms with E-state index in [9.17, 15) is 10.1 Å². The number of nitrogens with two attached hydrogens (primary N) is 1. The fourth-order valence-electron chi connectivity index (χ4n) is 7.70. The van der Waals surface area contributed by atoms with Crippen molar-refractivity contribution in [3.63, 3.8) is 0 Å². The second-order valence-corrected chi connectivity index (χ2v) is 15.9. The molecule has 0 saturated carbocycles. The number of hydrogen-bond acceptors (Lipinski definition) is 13. The Labute approximate surface area is 332 Å². The van der Waals surface area contributed by atoms with Crippen LogP contribution in [0.3, 0.4) is 0 Å². The Morgan fingerprint density at radius 1 is 1.00 bits per heavy atom. The van der Waals surface area contributed by atoms with Crippen molar-refractivity contribution in [2.24, 2.45) is 0 Å². The molecule has 0 radical (unpaired) electrons. The van der Waals surface area contributed by atoms with Gasteiger partial charge in [0.15, 0.2) is 17.4 Å². The van der Waals surface area contributed by atoms with Crippen molar-refractivity contribution in [3.05, 3.63) is 112 Å². The van der Waals surface area contributed by atoms with Gasteiger partial charge >= 0.3 is 0 Å². The number of hydrogen-bond donors (Lipinski definition) is 2. The van der Waals surface area contributed by atoms with Gasteiger partial charge in [-0.1, -0.05) is 54.6 Å². The molecule has 2 aliphatic heterocycles. The summed E-state index contributed by atoms with van der Waals surface area (Å²) < 4.78 is 49.6. The zero-order valence-electron chi connectivity index (χ0n) is 32.8. The number of nitriles is 1. The number of rotatable bonds is 17. The highest BCUT2D eigenvalue weighted by Crippen LogP contribution is 2.56.